The van der Waals surface area contributed by atoms with Gasteiger partial charge in [-0.05, 0) is 38.5 Å². The zero-order valence-corrected chi connectivity index (χ0v) is 12.5. The number of hydrogen-bond donors (Lipinski definition) is 1. The fraction of sp³-hybridized carbons (Fsp3) is 0.733. The fourth-order valence-electron chi connectivity index (χ4n) is 2.45. The molecule has 2 saturated carbocycles. The SMILES string of the molecule is CCC(CC1CC1)Nc1nc(C2CC2)nc(Cl)c1C. The molecule has 1 unspecified atom stereocenters. The Balaban J connectivity index is 1.77. The molecule has 104 valence electrons. The van der Waals surface area contributed by atoms with E-state index in [2.05, 4.69) is 17.2 Å². The van der Waals surface area contributed by atoms with Crippen molar-refractivity contribution in [2.75, 3.05) is 5.32 Å². The predicted molar refractivity (Wildman–Crippen MR) is 78.8 cm³/mol. The zero-order chi connectivity index (χ0) is 13.4. The molecule has 2 aliphatic rings. The zero-order valence-electron chi connectivity index (χ0n) is 11.7. The predicted octanol–water partition coefficient (Wildman–Crippen LogP) is 4.31. The van der Waals surface area contributed by atoms with E-state index in [-0.39, 0.29) is 0 Å². The number of aromatic nitrogens is 2. The lowest BCUT2D eigenvalue weighted by Gasteiger charge is -2.19. The van der Waals surface area contributed by atoms with Crippen LogP contribution in [-0.4, -0.2) is 16.0 Å². The summed E-state index contributed by atoms with van der Waals surface area (Å²) in [6.07, 6.45) is 7.60. The molecule has 1 N–H and O–H groups in total. The summed E-state index contributed by atoms with van der Waals surface area (Å²) < 4.78 is 0. The molecular formula is C15H22ClN3. The highest BCUT2D eigenvalue weighted by Gasteiger charge is 2.29. The lowest BCUT2D eigenvalue weighted by molar-refractivity contribution is 0.584. The van der Waals surface area contributed by atoms with Gasteiger partial charge in [0.15, 0.2) is 0 Å². The maximum absolute atomic E-state index is 6.24. The van der Waals surface area contributed by atoms with E-state index >= 15 is 0 Å². The van der Waals surface area contributed by atoms with Crippen LogP contribution in [0.3, 0.4) is 0 Å². The van der Waals surface area contributed by atoms with Gasteiger partial charge in [-0.15, -0.1) is 0 Å². The fourth-order valence-corrected chi connectivity index (χ4v) is 2.62. The Morgan fingerprint density at radius 3 is 2.58 bits per heavy atom. The minimum Gasteiger partial charge on any atom is -0.367 e. The molecule has 3 rings (SSSR count). The average molecular weight is 280 g/mol. The normalized spacial score (nSPS) is 20.4. The number of hydrogen-bond acceptors (Lipinski definition) is 3. The van der Waals surface area contributed by atoms with Crippen LogP contribution >= 0.6 is 11.6 Å². The van der Waals surface area contributed by atoms with Crippen LogP contribution in [0.4, 0.5) is 5.82 Å². The Morgan fingerprint density at radius 2 is 2.00 bits per heavy atom. The topological polar surface area (TPSA) is 37.8 Å². The maximum atomic E-state index is 6.24. The Morgan fingerprint density at radius 1 is 1.26 bits per heavy atom. The molecule has 19 heavy (non-hydrogen) atoms. The summed E-state index contributed by atoms with van der Waals surface area (Å²) in [5.74, 6) is 3.36. The summed E-state index contributed by atoms with van der Waals surface area (Å²) in [7, 11) is 0. The monoisotopic (exact) mass is 279 g/mol. The van der Waals surface area contributed by atoms with Crippen LogP contribution in [0.5, 0.6) is 0 Å². The minimum absolute atomic E-state index is 0.518. The van der Waals surface area contributed by atoms with Crippen molar-refractivity contribution in [2.45, 2.75) is 64.3 Å². The Bertz CT molecular complexity index is 467. The van der Waals surface area contributed by atoms with E-state index in [1.165, 1.54) is 32.1 Å². The third kappa shape index (κ3) is 3.19. The number of halogens is 1. The van der Waals surface area contributed by atoms with E-state index in [1.54, 1.807) is 0 Å². The van der Waals surface area contributed by atoms with Gasteiger partial charge < -0.3 is 5.32 Å². The number of nitrogens with one attached hydrogen (secondary N) is 1. The van der Waals surface area contributed by atoms with E-state index in [0.717, 1.165) is 29.5 Å². The van der Waals surface area contributed by atoms with Gasteiger partial charge >= 0.3 is 0 Å². The van der Waals surface area contributed by atoms with Gasteiger partial charge in [0.05, 0.1) is 0 Å². The molecule has 0 aromatic carbocycles. The molecule has 2 aliphatic carbocycles. The third-order valence-electron chi connectivity index (χ3n) is 4.19. The van der Waals surface area contributed by atoms with Gasteiger partial charge in [-0.25, -0.2) is 9.97 Å². The second-order valence-electron chi connectivity index (χ2n) is 6.05. The highest BCUT2D eigenvalue weighted by Crippen LogP contribution is 2.40. The van der Waals surface area contributed by atoms with Gasteiger partial charge in [-0.3, -0.25) is 0 Å². The molecular weight excluding hydrogens is 258 g/mol. The van der Waals surface area contributed by atoms with Gasteiger partial charge in [0.1, 0.15) is 16.8 Å². The van der Waals surface area contributed by atoms with Gasteiger partial charge in [-0.2, -0.15) is 0 Å². The maximum Gasteiger partial charge on any atom is 0.137 e. The summed E-state index contributed by atoms with van der Waals surface area (Å²) in [4.78, 5) is 9.12. The first-order chi connectivity index (χ1) is 9.17. The molecule has 1 aromatic rings. The highest BCUT2D eigenvalue weighted by atomic mass is 35.5. The third-order valence-corrected chi connectivity index (χ3v) is 4.56. The first-order valence-electron chi connectivity index (χ1n) is 7.48. The Labute approximate surface area is 120 Å². The summed E-state index contributed by atoms with van der Waals surface area (Å²) in [5, 5.41) is 4.21. The summed E-state index contributed by atoms with van der Waals surface area (Å²) in [6.45, 7) is 4.24. The Kier molecular flexibility index (Phi) is 3.66. The lowest BCUT2D eigenvalue weighted by Crippen LogP contribution is -2.21. The first-order valence-corrected chi connectivity index (χ1v) is 7.85. The van der Waals surface area contributed by atoms with E-state index in [0.29, 0.717) is 17.1 Å². The molecule has 0 spiro atoms. The van der Waals surface area contributed by atoms with Crippen LogP contribution in [0.25, 0.3) is 0 Å². The Hall–Kier alpha value is -0.830. The molecule has 0 saturated heterocycles. The summed E-state index contributed by atoms with van der Waals surface area (Å²) >= 11 is 6.24. The average Bonchev–Trinajstić information content (AvgIpc) is 3.26. The molecule has 0 radical (unpaired) electrons. The molecule has 1 atom stereocenters. The summed E-state index contributed by atoms with van der Waals surface area (Å²) in [6, 6.07) is 0.518. The van der Waals surface area contributed by atoms with E-state index in [1.807, 2.05) is 6.92 Å². The van der Waals surface area contributed by atoms with Gasteiger partial charge in [0, 0.05) is 17.5 Å². The van der Waals surface area contributed by atoms with Crippen LogP contribution < -0.4 is 5.32 Å². The first kappa shape index (κ1) is 13.2. The van der Waals surface area contributed by atoms with Crippen molar-refractivity contribution in [1.29, 1.82) is 0 Å². The molecule has 0 bridgehead atoms. The molecule has 2 fully saturated rings. The standard InChI is InChI=1S/C15H22ClN3/c1-3-12(8-10-4-5-10)17-14-9(2)13(16)18-15(19-14)11-6-7-11/h10-12H,3-8H2,1-2H3,(H,17,18,19). The van der Waals surface area contributed by atoms with Crippen molar-refractivity contribution in [3.8, 4) is 0 Å². The quantitative estimate of drug-likeness (QED) is 0.789. The number of rotatable bonds is 6. The van der Waals surface area contributed by atoms with Crippen LogP contribution in [-0.2, 0) is 0 Å². The minimum atomic E-state index is 0.518. The van der Waals surface area contributed by atoms with Crippen LogP contribution in [0, 0.1) is 12.8 Å². The second kappa shape index (κ2) is 5.28. The highest BCUT2D eigenvalue weighted by molar-refractivity contribution is 6.30. The van der Waals surface area contributed by atoms with Crippen LogP contribution in [0.2, 0.25) is 5.15 Å². The van der Waals surface area contributed by atoms with Crippen molar-refractivity contribution >= 4 is 17.4 Å². The molecule has 1 heterocycles. The largest absolute Gasteiger partial charge is 0.367 e. The number of nitrogens with zero attached hydrogens (tertiary/aromatic N) is 2. The van der Waals surface area contributed by atoms with Gasteiger partial charge in [0.2, 0.25) is 0 Å². The van der Waals surface area contributed by atoms with E-state index in [4.69, 9.17) is 16.6 Å². The van der Waals surface area contributed by atoms with Crippen molar-refractivity contribution in [2.24, 2.45) is 5.92 Å². The number of anilines is 1. The van der Waals surface area contributed by atoms with E-state index < -0.39 is 0 Å². The second-order valence-corrected chi connectivity index (χ2v) is 6.41. The lowest BCUT2D eigenvalue weighted by atomic mass is 10.1. The van der Waals surface area contributed by atoms with Crippen LogP contribution in [0.15, 0.2) is 0 Å². The van der Waals surface area contributed by atoms with Crippen molar-refractivity contribution in [3.63, 3.8) is 0 Å². The van der Waals surface area contributed by atoms with Gasteiger partial charge in [-0.1, -0.05) is 31.4 Å². The van der Waals surface area contributed by atoms with Crippen molar-refractivity contribution in [1.82, 2.24) is 9.97 Å². The van der Waals surface area contributed by atoms with E-state index in [9.17, 15) is 0 Å². The molecule has 1 aromatic heterocycles. The van der Waals surface area contributed by atoms with Gasteiger partial charge in [0.25, 0.3) is 0 Å². The summed E-state index contributed by atoms with van der Waals surface area (Å²) in [5.41, 5.74) is 0.986. The molecule has 4 heteroatoms. The van der Waals surface area contributed by atoms with Crippen molar-refractivity contribution in [3.05, 3.63) is 16.5 Å². The van der Waals surface area contributed by atoms with Crippen LogP contribution in [0.1, 0.15) is 62.8 Å². The smallest absolute Gasteiger partial charge is 0.137 e. The molecule has 0 amide bonds. The molecule has 0 aliphatic heterocycles. The molecule has 3 nitrogen and oxygen atoms in total. The van der Waals surface area contributed by atoms with Crippen molar-refractivity contribution < 1.29 is 0 Å².